The van der Waals surface area contributed by atoms with E-state index in [9.17, 15) is 9.18 Å². The van der Waals surface area contributed by atoms with Crippen LogP contribution in [-0.2, 0) is 11.2 Å². The van der Waals surface area contributed by atoms with Gasteiger partial charge in [0.15, 0.2) is 11.0 Å². The number of nitrogens with zero attached hydrogens (tertiary/aromatic N) is 4. The molecule has 0 aliphatic heterocycles. The zero-order chi connectivity index (χ0) is 24.2. The molecule has 0 radical (unpaired) electrons. The van der Waals surface area contributed by atoms with Crippen molar-refractivity contribution >= 4 is 28.9 Å². The Kier molecular flexibility index (Phi) is 6.65. The number of carbonyl (C=O) groups excluding carboxylic acids is 1. The molecule has 0 amide bonds. The van der Waals surface area contributed by atoms with Crippen LogP contribution in [0.4, 0.5) is 4.39 Å². The summed E-state index contributed by atoms with van der Waals surface area (Å²) in [6.45, 7) is 0. The fourth-order valence-corrected chi connectivity index (χ4v) is 4.30. The van der Waals surface area contributed by atoms with E-state index in [0.717, 1.165) is 16.7 Å². The smallest absolute Gasteiger partial charge is 0.311 e. The summed E-state index contributed by atoms with van der Waals surface area (Å²) in [5, 5.41) is 16.9. The molecule has 174 valence electrons. The van der Waals surface area contributed by atoms with Crippen molar-refractivity contribution in [1.82, 2.24) is 20.0 Å². The van der Waals surface area contributed by atoms with Crippen LogP contribution in [-0.4, -0.2) is 25.9 Å². The molecular formula is C26H18ClFN4O2S. The zero-order valence-electron chi connectivity index (χ0n) is 18.3. The number of carbonyl (C=O) groups is 1. The van der Waals surface area contributed by atoms with Crippen molar-refractivity contribution in [1.29, 1.82) is 0 Å². The maximum Gasteiger partial charge on any atom is 0.311 e. The molecule has 5 aromatic rings. The third-order valence-electron chi connectivity index (χ3n) is 5.26. The molecule has 0 bridgehead atoms. The van der Waals surface area contributed by atoms with Gasteiger partial charge in [-0.3, -0.25) is 4.79 Å². The average Bonchev–Trinajstić information content (AvgIpc) is 3.55. The average molecular weight is 505 g/mol. The molecular weight excluding hydrogens is 487 g/mol. The Hall–Kier alpha value is -3.88. The first-order valence-electron chi connectivity index (χ1n) is 10.7. The number of hydrogen-bond donors (Lipinski definition) is 0. The van der Waals surface area contributed by atoms with Crippen LogP contribution in [0.1, 0.15) is 12.1 Å². The molecule has 9 heteroatoms. The highest BCUT2D eigenvalue weighted by atomic mass is 35.5. The molecule has 5 rings (SSSR count). The predicted octanol–water partition coefficient (Wildman–Crippen LogP) is 6.39. The van der Waals surface area contributed by atoms with E-state index in [0.29, 0.717) is 29.4 Å². The van der Waals surface area contributed by atoms with Crippen molar-refractivity contribution in [2.24, 2.45) is 0 Å². The fraction of sp³-hybridized carbons (Fsp3) is 0.0769. The third-order valence-corrected chi connectivity index (χ3v) is 6.15. The van der Waals surface area contributed by atoms with Crippen molar-refractivity contribution in [3.05, 3.63) is 100 Å². The van der Waals surface area contributed by atoms with E-state index in [1.54, 1.807) is 52.4 Å². The van der Waals surface area contributed by atoms with E-state index in [2.05, 4.69) is 20.7 Å². The van der Waals surface area contributed by atoms with Gasteiger partial charge in [0.1, 0.15) is 11.6 Å². The summed E-state index contributed by atoms with van der Waals surface area (Å²) in [4.78, 5) is 12.5. The van der Waals surface area contributed by atoms with Gasteiger partial charge in [-0.05, 0) is 82.6 Å². The number of benzene rings is 2. The Morgan fingerprint density at radius 1 is 0.943 bits per heavy atom. The first-order chi connectivity index (χ1) is 17.0. The highest BCUT2D eigenvalue weighted by Crippen LogP contribution is 2.26. The number of hydrogen-bond acceptors (Lipinski definition) is 6. The Morgan fingerprint density at radius 3 is 2.40 bits per heavy atom. The van der Waals surface area contributed by atoms with Crippen LogP contribution in [0, 0.1) is 5.82 Å². The van der Waals surface area contributed by atoms with Gasteiger partial charge in [0, 0.05) is 12.0 Å². The number of aryl methyl sites for hydroxylation is 1. The van der Waals surface area contributed by atoms with E-state index in [1.165, 1.54) is 12.1 Å². The summed E-state index contributed by atoms with van der Waals surface area (Å²) in [6, 6.07) is 20.7. The summed E-state index contributed by atoms with van der Waals surface area (Å²) < 4.78 is 20.5. The lowest BCUT2D eigenvalue weighted by atomic mass is 10.1. The SMILES string of the molecule is O=C(CCc1cc(-c2ccc(F)cc2)n(-c2ccc(Cl)nn2)n1)Oc1ccc(-c2ccsc2)cc1. The number of esters is 1. The maximum absolute atomic E-state index is 13.4. The molecule has 0 fully saturated rings. The van der Waals surface area contributed by atoms with Gasteiger partial charge < -0.3 is 4.74 Å². The highest BCUT2D eigenvalue weighted by molar-refractivity contribution is 7.08. The van der Waals surface area contributed by atoms with Gasteiger partial charge in [0.2, 0.25) is 0 Å². The molecule has 0 saturated heterocycles. The van der Waals surface area contributed by atoms with Crippen LogP contribution in [0.2, 0.25) is 5.15 Å². The summed E-state index contributed by atoms with van der Waals surface area (Å²) in [5.74, 6) is 0.242. The largest absolute Gasteiger partial charge is 0.427 e. The second-order valence-electron chi connectivity index (χ2n) is 7.66. The molecule has 0 aliphatic rings. The van der Waals surface area contributed by atoms with Crippen molar-refractivity contribution in [2.75, 3.05) is 0 Å². The highest BCUT2D eigenvalue weighted by Gasteiger charge is 2.15. The van der Waals surface area contributed by atoms with Crippen molar-refractivity contribution in [2.45, 2.75) is 12.8 Å². The molecule has 0 spiro atoms. The minimum atomic E-state index is -0.363. The lowest BCUT2D eigenvalue weighted by Crippen LogP contribution is -2.09. The molecule has 35 heavy (non-hydrogen) atoms. The van der Waals surface area contributed by atoms with Gasteiger partial charge in [-0.15, -0.1) is 10.2 Å². The number of aromatic nitrogens is 4. The minimum absolute atomic E-state index is 0.137. The Balaban J connectivity index is 1.30. The van der Waals surface area contributed by atoms with Crippen LogP contribution in [0.3, 0.4) is 0 Å². The normalized spacial score (nSPS) is 10.9. The lowest BCUT2D eigenvalue weighted by molar-refractivity contribution is -0.134. The van der Waals surface area contributed by atoms with Gasteiger partial charge in [-0.1, -0.05) is 23.7 Å². The van der Waals surface area contributed by atoms with E-state index in [4.69, 9.17) is 16.3 Å². The van der Waals surface area contributed by atoms with Gasteiger partial charge in [-0.25, -0.2) is 9.07 Å². The summed E-state index contributed by atoms with van der Waals surface area (Å²) >= 11 is 7.50. The maximum atomic E-state index is 13.4. The number of ether oxygens (including phenoxy) is 1. The van der Waals surface area contributed by atoms with Crippen LogP contribution in [0.5, 0.6) is 5.75 Å². The quantitative estimate of drug-likeness (QED) is 0.190. The topological polar surface area (TPSA) is 69.9 Å². The number of rotatable bonds is 7. The fourth-order valence-electron chi connectivity index (χ4n) is 3.53. The molecule has 0 aliphatic carbocycles. The second-order valence-corrected chi connectivity index (χ2v) is 8.83. The van der Waals surface area contributed by atoms with Crippen molar-refractivity contribution < 1.29 is 13.9 Å². The summed E-state index contributed by atoms with van der Waals surface area (Å²) in [6.07, 6.45) is 0.493. The monoisotopic (exact) mass is 504 g/mol. The Labute approximate surface area is 209 Å². The first kappa shape index (κ1) is 22.9. The minimum Gasteiger partial charge on any atom is -0.427 e. The summed E-state index contributed by atoms with van der Waals surface area (Å²) in [5.41, 5.74) is 4.29. The first-order valence-corrected chi connectivity index (χ1v) is 12.0. The van der Waals surface area contributed by atoms with Gasteiger partial charge in [-0.2, -0.15) is 16.4 Å². The molecule has 6 nitrogen and oxygen atoms in total. The van der Waals surface area contributed by atoms with Gasteiger partial charge in [0.25, 0.3) is 0 Å². The van der Waals surface area contributed by atoms with E-state index in [-0.39, 0.29) is 23.4 Å². The van der Waals surface area contributed by atoms with E-state index < -0.39 is 0 Å². The molecule has 0 N–H and O–H groups in total. The molecule has 0 atom stereocenters. The number of thiophene rings is 1. The van der Waals surface area contributed by atoms with Gasteiger partial charge >= 0.3 is 5.97 Å². The molecule has 3 aromatic heterocycles. The zero-order valence-corrected chi connectivity index (χ0v) is 19.8. The van der Waals surface area contributed by atoms with Crippen molar-refractivity contribution in [3.8, 4) is 34.0 Å². The molecule has 0 unspecified atom stereocenters. The summed E-state index contributed by atoms with van der Waals surface area (Å²) in [7, 11) is 0. The molecule has 2 aromatic carbocycles. The lowest BCUT2D eigenvalue weighted by Gasteiger charge is -2.06. The van der Waals surface area contributed by atoms with Crippen LogP contribution >= 0.6 is 22.9 Å². The van der Waals surface area contributed by atoms with Crippen LogP contribution < -0.4 is 4.74 Å². The molecule has 0 saturated carbocycles. The van der Waals surface area contributed by atoms with Crippen LogP contribution in [0.15, 0.2) is 83.6 Å². The Morgan fingerprint density at radius 2 is 1.71 bits per heavy atom. The van der Waals surface area contributed by atoms with Crippen molar-refractivity contribution in [3.63, 3.8) is 0 Å². The van der Waals surface area contributed by atoms with Crippen LogP contribution in [0.25, 0.3) is 28.2 Å². The molecule has 3 heterocycles. The van der Waals surface area contributed by atoms with E-state index in [1.807, 2.05) is 29.6 Å². The standard InChI is InChI=1S/C26H18ClFN4O2S/c27-24-10-11-25(30-29-24)32-23(18-1-5-20(28)6-2-18)15-21(31-32)7-12-26(33)34-22-8-3-17(4-9-22)19-13-14-35-16-19/h1-6,8-11,13-16H,7,12H2. The Bertz CT molecular complexity index is 1370. The van der Waals surface area contributed by atoms with Gasteiger partial charge in [0.05, 0.1) is 17.8 Å². The second kappa shape index (κ2) is 10.2. The predicted molar refractivity (Wildman–Crippen MR) is 133 cm³/mol. The number of halogens is 2. The van der Waals surface area contributed by atoms with E-state index >= 15 is 0 Å². The third kappa shape index (κ3) is 5.45.